The third kappa shape index (κ3) is 1.39. The molecule has 1 heteroatoms. The van der Waals surface area contributed by atoms with Crippen LogP contribution in [0.15, 0.2) is 11.1 Å². The quantitative estimate of drug-likeness (QED) is 0.604. The van der Waals surface area contributed by atoms with Crippen molar-refractivity contribution in [1.29, 1.82) is 0 Å². The van der Waals surface area contributed by atoms with Gasteiger partial charge in [-0.3, -0.25) is 0 Å². The standard InChI is InChI=1S/C14H24O/c1-9-13(2,3)11-7-6-10(15)8-12(11)14(9,4)5/h9-10,15H,6-8H2,1-5H3. The molecule has 1 N–H and O–H groups in total. The summed E-state index contributed by atoms with van der Waals surface area (Å²) in [4.78, 5) is 0. The second-order valence-electron chi connectivity index (χ2n) is 6.52. The summed E-state index contributed by atoms with van der Waals surface area (Å²) in [6, 6.07) is 0. The Bertz CT molecular complexity index is 309. The van der Waals surface area contributed by atoms with E-state index in [-0.39, 0.29) is 11.5 Å². The maximum atomic E-state index is 9.81. The van der Waals surface area contributed by atoms with E-state index in [4.69, 9.17) is 0 Å². The fraction of sp³-hybridized carbons (Fsp3) is 0.857. The van der Waals surface area contributed by atoms with Gasteiger partial charge in [0.05, 0.1) is 6.10 Å². The van der Waals surface area contributed by atoms with Gasteiger partial charge in [0.25, 0.3) is 0 Å². The Labute approximate surface area is 93.6 Å². The highest BCUT2D eigenvalue weighted by atomic mass is 16.3. The Kier molecular flexibility index (Phi) is 2.31. The maximum absolute atomic E-state index is 9.81. The zero-order chi connectivity index (χ0) is 11.4. The molecule has 0 fully saturated rings. The predicted octanol–water partition coefficient (Wildman–Crippen LogP) is 3.53. The van der Waals surface area contributed by atoms with E-state index in [1.807, 2.05) is 0 Å². The first-order valence-electron chi connectivity index (χ1n) is 6.19. The highest BCUT2D eigenvalue weighted by molar-refractivity contribution is 5.37. The summed E-state index contributed by atoms with van der Waals surface area (Å²) in [5.74, 6) is 0.681. The Morgan fingerprint density at radius 3 is 2.20 bits per heavy atom. The lowest BCUT2D eigenvalue weighted by Gasteiger charge is -2.35. The Morgan fingerprint density at radius 1 is 1.07 bits per heavy atom. The summed E-state index contributed by atoms with van der Waals surface area (Å²) in [7, 11) is 0. The molecule has 2 rings (SSSR count). The van der Waals surface area contributed by atoms with Crippen LogP contribution >= 0.6 is 0 Å². The normalized spacial score (nSPS) is 38.0. The fourth-order valence-corrected chi connectivity index (χ4v) is 3.71. The summed E-state index contributed by atoms with van der Waals surface area (Å²) in [6.45, 7) is 11.8. The van der Waals surface area contributed by atoms with Gasteiger partial charge in [0, 0.05) is 0 Å². The van der Waals surface area contributed by atoms with Crippen molar-refractivity contribution in [2.45, 2.75) is 60.0 Å². The molecular weight excluding hydrogens is 184 g/mol. The third-order valence-electron chi connectivity index (χ3n) is 5.25. The van der Waals surface area contributed by atoms with Crippen LogP contribution in [0.3, 0.4) is 0 Å². The van der Waals surface area contributed by atoms with Gasteiger partial charge in [0.2, 0.25) is 0 Å². The molecular formula is C14H24O. The van der Waals surface area contributed by atoms with Gasteiger partial charge in [-0.05, 0) is 36.0 Å². The zero-order valence-corrected chi connectivity index (χ0v) is 10.7. The number of aliphatic hydroxyl groups is 1. The van der Waals surface area contributed by atoms with Crippen molar-refractivity contribution in [3.63, 3.8) is 0 Å². The molecule has 0 radical (unpaired) electrons. The molecule has 15 heavy (non-hydrogen) atoms. The minimum absolute atomic E-state index is 0.0934. The van der Waals surface area contributed by atoms with E-state index in [9.17, 15) is 5.11 Å². The van der Waals surface area contributed by atoms with Crippen LogP contribution in [0.25, 0.3) is 0 Å². The summed E-state index contributed by atoms with van der Waals surface area (Å²) in [5, 5.41) is 9.81. The summed E-state index contributed by atoms with van der Waals surface area (Å²) < 4.78 is 0. The van der Waals surface area contributed by atoms with E-state index in [2.05, 4.69) is 34.6 Å². The highest BCUT2D eigenvalue weighted by Crippen LogP contribution is 2.60. The summed E-state index contributed by atoms with van der Waals surface area (Å²) in [5.41, 5.74) is 3.81. The van der Waals surface area contributed by atoms with Crippen molar-refractivity contribution in [3.8, 4) is 0 Å². The van der Waals surface area contributed by atoms with Crippen LogP contribution in [0, 0.1) is 16.7 Å². The van der Waals surface area contributed by atoms with Gasteiger partial charge in [0.15, 0.2) is 0 Å². The van der Waals surface area contributed by atoms with Crippen molar-refractivity contribution < 1.29 is 5.11 Å². The topological polar surface area (TPSA) is 20.2 Å². The highest BCUT2D eigenvalue weighted by Gasteiger charge is 2.50. The molecule has 0 aromatic rings. The zero-order valence-electron chi connectivity index (χ0n) is 10.7. The van der Waals surface area contributed by atoms with Gasteiger partial charge in [-0.1, -0.05) is 45.8 Å². The minimum Gasteiger partial charge on any atom is -0.393 e. The maximum Gasteiger partial charge on any atom is 0.0580 e. The van der Waals surface area contributed by atoms with Gasteiger partial charge < -0.3 is 5.11 Å². The lowest BCUT2D eigenvalue weighted by Crippen LogP contribution is -2.28. The van der Waals surface area contributed by atoms with Crippen LogP contribution in [-0.2, 0) is 0 Å². The summed E-state index contributed by atoms with van der Waals surface area (Å²) in [6.07, 6.45) is 2.89. The number of hydrogen-bond acceptors (Lipinski definition) is 1. The predicted molar refractivity (Wildman–Crippen MR) is 63.6 cm³/mol. The lowest BCUT2D eigenvalue weighted by atomic mass is 9.69. The first kappa shape index (κ1) is 11.2. The van der Waals surface area contributed by atoms with E-state index in [0.717, 1.165) is 19.3 Å². The average molecular weight is 208 g/mol. The van der Waals surface area contributed by atoms with E-state index in [1.54, 1.807) is 11.1 Å². The third-order valence-corrected chi connectivity index (χ3v) is 5.25. The molecule has 0 aromatic heterocycles. The molecule has 2 aliphatic carbocycles. The largest absolute Gasteiger partial charge is 0.393 e. The second kappa shape index (κ2) is 3.10. The van der Waals surface area contributed by atoms with Crippen molar-refractivity contribution in [1.82, 2.24) is 0 Å². The molecule has 2 aliphatic rings. The van der Waals surface area contributed by atoms with Crippen LogP contribution in [0.2, 0.25) is 0 Å². The fourth-order valence-electron chi connectivity index (χ4n) is 3.71. The molecule has 0 bridgehead atoms. The Hall–Kier alpha value is -0.300. The van der Waals surface area contributed by atoms with E-state index >= 15 is 0 Å². The first-order valence-corrected chi connectivity index (χ1v) is 6.19. The van der Waals surface area contributed by atoms with Crippen molar-refractivity contribution in [3.05, 3.63) is 11.1 Å². The van der Waals surface area contributed by atoms with Crippen LogP contribution in [-0.4, -0.2) is 11.2 Å². The molecule has 0 heterocycles. The van der Waals surface area contributed by atoms with E-state index < -0.39 is 0 Å². The Morgan fingerprint density at radius 2 is 1.60 bits per heavy atom. The number of rotatable bonds is 0. The molecule has 0 aliphatic heterocycles. The van der Waals surface area contributed by atoms with Crippen LogP contribution < -0.4 is 0 Å². The molecule has 0 saturated carbocycles. The van der Waals surface area contributed by atoms with Gasteiger partial charge in [-0.25, -0.2) is 0 Å². The smallest absolute Gasteiger partial charge is 0.0580 e. The number of allylic oxidation sites excluding steroid dienone is 1. The van der Waals surface area contributed by atoms with Crippen molar-refractivity contribution in [2.24, 2.45) is 16.7 Å². The number of aliphatic hydroxyl groups excluding tert-OH is 1. The van der Waals surface area contributed by atoms with Gasteiger partial charge in [-0.15, -0.1) is 0 Å². The monoisotopic (exact) mass is 208 g/mol. The van der Waals surface area contributed by atoms with Gasteiger partial charge in [-0.2, -0.15) is 0 Å². The van der Waals surface area contributed by atoms with Gasteiger partial charge in [0.1, 0.15) is 0 Å². The first-order chi connectivity index (χ1) is 6.78. The summed E-state index contributed by atoms with van der Waals surface area (Å²) >= 11 is 0. The molecule has 0 saturated heterocycles. The van der Waals surface area contributed by atoms with E-state index in [1.165, 1.54) is 0 Å². The molecule has 0 aromatic carbocycles. The number of hydrogen-bond donors (Lipinski definition) is 1. The molecule has 1 nitrogen and oxygen atoms in total. The molecule has 0 spiro atoms. The van der Waals surface area contributed by atoms with Crippen molar-refractivity contribution in [2.75, 3.05) is 0 Å². The van der Waals surface area contributed by atoms with Crippen molar-refractivity contribution >= 4 is 0 Å². The molecule has 0 amide bonds. The van der Waals surface area contributed by atoms with Crippen LogP contribution in [0.1, 0.15) is 53.9 Å². The lowest BCUT2D eigenvalue weighted by molar-refractivity contribution is 0.149. The second-order valence-corrected chi connectivity index (χ2v) is 6.52. The van der Waals surface area contributed by atoms with Gasteiger partial charge >= 0.3 is 0 Å². The minimum atomic E-state index is -0.0934. The van der Waals surface area contributed by atoms with Crippen LogP contribution in [0.5, 0.6) is 0 Å². The van der Waals surface area contributed by atoms with E-state index in [0.29, 0.717) is 11.3 Å². The molecule has 2 atom stereocenters. The van der Waals surface area contributed by atoms with Crippen LogP contribution in [0.4, 0.5) is 0 Å². The molecule has 86 valence electrons. The SMILES string of the molecule is CC1C(C)(C)C2=C(CC(O)CC2)C1(C)C. The molecule has 2 unspecified atom stereocenters. The average Bonchev–Trinajstić information content (AvgIpc) is 2.26. The Balaban J connectivity index is 2.47.